The second-order valence-electron chi connectivity index (χ2n) is 6.93. The molecule has 134 valence electrons. The van der Waals surface area contributed by atoms with Gasteiger partial charge in [-0.2, -0.15) is 5.10 Å². The zero-order chi connectivity index (χ0) is 17.8. The number of nitrogens with zero attached hydrogens (tertiary/aromatic N) is 3. The fraction of sp³-hybridized carbons (Fsp3) is 0.474. The van der Waals surface area contributed by atoms with E-state index in [1.807, 2.05) is 31.4 Å². The van der Waals surface area contributed by atoms with Gasteiger partial charge in [0.15, 0.2) is 0 Å². The standard InChI is InChI=1S/C19H25ClN4O/c1-14-4-3-9-24(12-14)18-7-6-16(20)10-17(18)22-19(25)8-5-15-11-21-23(2)13-15/h6-7,10-11,13-14H,3-5,8-9,12H2,1-2H3,(H,22,25). The molecule has 0 spiro atoms. The van der Waals surface area contributed by atoms with E-state index in [0.717, 1.165) is 30.0 Å². The Balaban J connectivity index is 1.68. The summed E-state index contributed by atoms with van der Waals surface area (Å²) in [5, 5.41) is 7.82. The molecular weight excluding hydrogens is 336 g/mol. The van der Waals surface area contributed by atoms with Gasteiger partial charge >= 0.3 is 0 Å². The van der Waals surface area contributed by atoms with Gasteiger partial charge in [0.2, 0.25) is 5.91 Å². The van der Waals surface area contributed by atoms with Gasteiger partial charge in [-0.05, 0) is 48.9 Å². The number of halogens is 1. The highest BCUT2D eigenvalue weighted by Gasteiger charge is 2.20. The Morgan fingerprint density at radius 3 is 3.00 bits per heavy atom. The number of amides is 1. The highest BCUT2D eigenvalue weighted by atomic mass is 35.5. The van der Waals surface area contributed by atoms with E-state index in [4.69, 9.17) is 11.6 Å². The van der Waals surface area contributed by atoms with E-state index in [-0.39, 0.29) is 5.91 Å². The molecule has 6 heteroatoms. The number of hydrogen-bond acceptors (Lipinski definition) is 3. The van der Waals surface area contributed by atoms with Crippen molar-refractivity contribution in [2.45, 2.75) is 32.6 Å². The van der Waals surface area contributed by atoms with Crippen molar-refractivity contribution in [2.24, 2.45) is 13.0 Å². The number of hydrogen-bond donors (Lipinski definition) is 1. The summed E-state index contributed by atoms with van der Waals surface area (Å²) in [5.41, 5.74) is 2.93. The average molecular weight is 361 g/mol. The summed E-state index contributed by atoms with van der Waals surface area (Å²) in [4.78, 5) is 14.8. The third-order valence-corrected chi connectivity index (χ3v) is 4.86. The lowest BCUT2D eigenvalue weighted by molar-refractivity contribution is -0.116. The summed E-state index contributed by atoms with van der Waals surface area (Å²) >= 11 is 6.16. The van der Waals surface area contributed by atoms with Crippen LogP contribution >= 0.6 is 11.6 Å². The Hall–Kier alpha value is -2.01. The number of rotatable bonds is 5. The third-order valence-electron chi connectivity index (χ3n) is 4.63. The molecule has 0 bridgehead atoms. The molecule has 3 rings (SSSR count). The fourth-order valence-electron chi connectivity index (χ4n) is 3.36. The van der Waals surface area contributed by atoms with Crippen molar-refractivity contribution >= 4 is 28.9 Å². The predicted octanol–water partition coefficient (Wildman–Crippen LogP) is 3.88. The second-order valence-corrected chi connectivity index (χ2v) is 7.36. The van der Waals surface area contributed by atoms with E-state index in [1.54, 1.807) is 10.9 Å². The molecule has 1 saturated heterocycles. The quantitative estimate of drug-likeness (QED) is 0.880. The van der Waals surface area contributed by atoms with Gasteiger partial charge in [0.1, 0.15) is 0 Å². The Morgan fingerprint density at radius 1 is 1.44 bits per heavy atom. The molecule has 5 nitrogen and oxygen atoms in total. The summed E-state index contributed by atoms with van der Waals surface area (Å²) in [5.74, 6) is 0.663. The van der Waals surface area contributed by atoms with Gasteiger partial charge in [0, 0.05) is 37.8 Å². The van der Waals surface area contributed by atoms with Crippen molar-refractivity contribution in [2.75, 3.05) is 23.3 Å². The number of nitrogens with one attached hydrogen (secondary N) is 1. The first kappa shape index (κ1) is 17.8. The summed E-state index contributed by atoms with van der Waals surface area (Å²) in [6, 6.07) is 5.75. The van der Waals surface area contributed by atoms with Crippen molar-refractivity contribution in [1.29, 1.82) is 0 Å². The summed E-state index contributed by atoms with van der Waals surface area (Å²) in [7, 11) is 1.88. The number of aromatic nitrogens is 2. The van der Waals surface area contributed by atoms with Crippen LogP contribution in [0.1, 0.15) is 31.7 Å². The Bertz CT molecular complexity index is 743. The van der Waals surface area contributed by atoms with Crippen LogP contribution in [-0.4, -0.2) is 28.8 Å². The zero-order valence-electron chi connectivity index (χ0n) is 14.8. The molecule has 1 N–H and O–H groups in total. The van der Waals surface area contributed by atoms with Gasteiger partial charge in [-0.25, -0.2) is 0 Å². The number of anilines is 2. The lowest BCUT2D eigenvalue weighted by atomic mass is 9.99. The summed E-state index contributed by atoms with van der Waals surface area (Å²) < 4.78 is 1.75. The highest BCUT2D eigenvalue weighted by molar-refractivity contribution is 6.31. The van der Waals surface area contributed by atoms with Crippen LogP contribution in [0.5, 0.6) is 0 Å². The van der Waals surface area contributed by atoms with Crippen molar-refractivity contribution in [3.8, 4) is 0 Å². The van der Waals surface area contributed by atoms with Gasteiger partial charge in [0.25, 0.3) is 0 Å². The molecule has 1 aliphatic heterocycles. The summed E-state index contributed by atoms with van der Waals surface area (Å²) in [6.07, 6.45) is 7.28. The zero-order valence-corrected chi connectivity index (χ0v) is 15.6. The molecule has 2 heterocycles. The SMILES string of the molecule is CC1CCCN(c2ccc(Cl)cc2NC(=O)CCc2cnn(C)c2)C1. The van der Waals surface area contributed by atoms with Crippen molar-refractivity contribution in [3.63, 3.8) is 0 Å². The monoisotopic (exact) mass is 360 g/mol. The first-order chi connectivity index (χ1) is 12.0. The van der Waals surface area contributed by atoms with E-state index in [1.165, 1.54) is 12.8 Å². The van der Waals surface area contributed by atoms with Crippen molar-refractivity contribution in [1.82, 2.24) is 9.78 Å². The number of carbonyl (C=O) groups is 1. The maximum Gasteiger partial charge on any atom is 0.224 e. The normalized spacial score (nSPS) is 17.6. The number of aryl methyl sites for hydroxylation is 2. The molecule has 1 aliphatic rings. The lowest BCUT2D eigenvalue weighted by Crippen LogP contribution is -2.34. The first-order valence-electron chi connectivity index (χ1n) is 8.83. The minimum Gasteiger partial charge on any atom is -0.370 e. The van der Waals surface area contributed by atoms with Crippen LogP contribution in [0.25, 0.3) is 0 Å². The molecule has 1 aromatic carbocycles. The van der Waals surface area contributed by atoms with Crippen molar-refractivity contribution in [3.05, 3.63) is 41.2 Å². The fourth-order valence-corrected chi connectivity index (χ4v) is 3.54. The van der Waals surface area contributed by atoms with Crippen LogP contribution in [-0.2, 0) is 18.3 Å². The minimum atomic E-state index is -0.00238. The van der Waals surface area contributed by atoms with Gasteiger partial charge in [-0.15, -0.1) is 0 Å². The molecule has 1 aromatic heterocycles. The van der Waals surface area contributed by atoms with E-state index in [0.29, 0.717) is 23.8 Å². The van der Waals surface area contributed by atoms with Crippen LogP contribution < -0.4 is 10.2 Å². The Labute approximate surface area is 154 Å². The predicted molar refractivity (Wildman–Crippen MR) is 102 cm³/mol. The average Bonchev–Trinajstić information content (AvgIpc) is 2.99. The number of piperidine rings is 1. The molecule has 2 aromatic rings. The molecule has 1 atom stereocenters. The molecule has 1 unspecified atom stereocenters. The maximum absolute atomic E-state index is 12.4. The van der Waals surface area contributed by atoms with Crippen LogP contribution in [0, 0.1) is 5.92 Å². The van der Waals surface area contributed by atoms with Crippen molar-refractivity contribution < 1.29 is 4.79 Å². The molecule has 1 fully saturated rings. The van der Waals surface area contributed by atoms with Crippen LogP contribution in [0.2, 0.25) is 5.02 Å². The van der Waals surface area contributed by atoms with Crippen LogP contribution in [0.3, 0.4) is 0 Å². The van der Waals surface area contributed by atoms with Gasteiger partial charge in [0.05, 0.1) is 17.6 Å². The molecule has 25 heavy (non-hydrogen) atoms. The van der Waals surface area contributed by atoms with Gasteiger partial charge in [-0.3, -0.25) is 9.48 Å². The highest BCUT2D eigenvalue weighted by Crippen LogP contribution is 2.32. The molecular formula is C19H25ClN4O. The molecule has 1 amide bonds. The molecule has 0 radical (unpaired) electrons. The minimum absolute atomic E-state index is 0.00238. The van der Waals surface area contributed by atoms with E-state index < -0.39 is 0 Å². The van der Waals surface area contributed by atoms with E-state index >= 15 is 0 Å². The van der Waals surface area contributed by atoms with Gasteiger partial charge in [-0.1, -0.05) is 18.5 Å². The lowest BCUT2D eigenvalue weighted by Gasteiger charge is -2.34. The van der Waals surface area contributed by atoms with Gasteiger partial charge < -0.3 is 10.2 Å². The van der Waals surface area contributed by atoms with E-state index in [9.17, 15) is 4.79 Å². The second kappa shape index (κ2) is 7.91. The summed E-state index contributed by atoms with van der Waals surface area (Å²) in [6.45, 7) is 4.30. The van der Waals surface area contributed by atoms with Crippen LogP contribution in [0.4, 0.5) is 11.4 Å². The van der Waals surface area contributed by atoms with Crippen LogP contribution in [0.15, 0.2) is 30.6 Å². The third kappa shape index (κ3) is 4.75. The number of carbonyl (C=O) groups excluding carboxylic acids is 1. The van der Waals surface area contributed by atoms with E-state index in [2.05, 4.69) is 22.2 Å². The topological polar surface area (TPSA) is 50.2 Å². The molecule has 0 saturated carbocycles. The maximum atomic E-state index is 12.4. The largest absolute Gasteiger partial charge is 0.370 e. The smallest absolute Gasteiger partial charge is 0.224 e. The number of benzene rings is 1. The Kier molecular flexibility index (Phi) is 5.63. The first-order valence-corrected chi connectivity index (χ1v) is 9.21. The molecule has 0 aliphatic carbocycles. The Morgan fingerprint density at radius 2 is 2.28 bits per heavy atom.